The minimum absolute atomic E-state index is 0.0183. The summed E-state index contributed by atoms with van der Waals surface area (Å²) in [5.74, 6) is -0.280. The Labute approximate surface area is 125 Å². The number of anilines is 1. The lowest BCUT2D eigenvalue weighted by Gasteiger charge is -2.07. The molecule has 2 N–H and O–H groups in total. The fraction of sp³-hybridized carbons (Fsp3) is 0.0667. The van der Waals surface area contributed by atoms with Gasteiger partial charge >= 0.3 is 0 Å². The number of benzene rings is 2. The lowest BCUT2D eigenvalue weighted by molar-refractivity contribution is 0.630. The number of nitriles is 1. The van der Waals surface area contributed by atoms with Crippen LogP contribution >= 0.6 is 11.6 Å². The fourth-order valence-corrected chi connectivity index (χ4v) is 2.37. The highest BCUT2D eigenvalue weighted by Crippen LogP contribution is 2.27. The van der Waals surface area contributed by atoms with Gasteiger partial charge in [-0.3, -0.25) is 4.57 Å². The standard InChI is InChI=1S/C15H10ClFN4/c16-11-7-14-13(8-12(11)17)20-15(19)21(14)10-3-1-9(2-4-10)5-6-18/h1-4,7-8H,5H2,(H2,19,20). The molecule has 1 aromatic heterocycles. The van der Waals surface area contributed by atoms with E-state index in [2.05, 4.69) is 11.1 Å². The van der Waals surface area contributed by atoms with E-state index in [4.69, 9.17) is 22.6 Å². The van der Waals surface area contributed by atoms with Gasteiger partial charge in [-0.15, -0.1) is 0 Å². The molecule has 0 aliphatic rings. The molecule has 104 valence electrons. The first-order chi connectivity index (χ1) is 10.1. The number of hydrogen-bond donors (Lipinski definition) is 1. The number of aromatic nitrogens is 2. The first kappa shape index (κ1) is 13.4. The van der Waals surface area contributed by atoms with Gasteiger partial charge in [-0.1, -0.05) is 23.7 Å². The summed E-state index contributed by atoms with van der Waals surface area (Å²) in [6, 6.07) is 12.2. The van der Waals surface area contributed by atoms with Crippen molar-refractivity contribution in [2.24, 2.45) is 0 Å². The Morgan fingerprint density at radius 1 is 1.29 bits per heavy atom. The highest BCUT2D eigenvalue weighted by Gasteiger charge is 2.13. The minimum atomic E-state index is -0.529. The molecule has 0 aliphatic carbocycles. The van der Waals surface area contributed by atoms with Crippen molar-refractivity contribution in [1.29, 1.82) is 5.26 Å². The van der Waals surface area contributed by atoms with Gasteiger partial charge in [0.1, 0.15) is 5.82 Å². The average Bonchev–Trinajstić information content (AvgIpc) is 2.76. The maximum Gasteiger partial charge on any atom is 0.205 e. The molecule has 0 radical (unpaired) electrons. The van der Waals surface area contributed by atoms with Crippen LogP contribution in [0.2, 0.25) is 5.02 Å². The van der Waals surface area contributed by atoms with E-state index >= 15 is 0 Å². The second-order valence-electron chi connectivity index (χ2n) is 4.56. The van der Waals surface area contributed by atoms with Crippen LogP contribution in [0.15, 0.2) is 36.4 Å². The molecule has 4 nitrogen and oxygen atoms in total. The van der Waals surface area contributed by atoms with E-state index in [1.54, 1.807) is 4.57 Å². The first-order valence-electron chi connectivity index (χ1n) is 6.19. The Morgan fingerprint density at radius 2 is 2.00 bits per heavy atom. The van der Waals surface area contributed by atoms with Crippen LogP contribution in [-0.2, 0) is 6.42 Å². The lowest BCUT2D eigenvalue weighted by atomic mass is 10.1. The second-order valence-corrected chi connectivity index (χ2v) is 4.97. The van der Waals surface area contributed by atoms with E-state index in [0.29, 0.717) is 17.5 Å². The number of rotatable bonds is 2. The number of nitrogen functional groups attached to an aromatic ring is 1. The third kappa shape index (κ3) is 2.30. The predicted molar refractivity (Wildman–Crippen MR) is 79.8 cm³/mol. The van der Waals surface area contributed by atoms with Gasteiger partial charge in [0.15, 0.2) is 0 Å². The van der Waals surface area contributed by atoms with Gasteiger partial charge in [0.25, 0.3) is 0 Å². The van der Waals surface area contributed by atoms with Crippen molar-refractivity contribution in [3.63, 3.8) is 0 Å². The third-order valence-corrected chi connectivity index (χ3v) is 3.49. The van der Waals surface area contributed by atoms with Crippen LogP contribution in [0, 0.1) is 17.1 Å². The number of nitrogens with zero attached hydrogens (tertiary/aromatic N) is 3. The molecule has 3 rings (SSSR count). The Hall–Kier alpha value is -2.58. The van der Waals surface area contributed by atoms with Crippen LogP contribution in [0.3, 0.4) is 0 Å². The highest BCUT2D eigenvalue weighted by atomic mass is 35.5. The molecule has 0 amide bonds. The number of imidazole rings is 1. The molecule has 0 aliphatic heterocycles. The monoisotopic (exact) mass is 300 g/mol. The Bertz CT molecular complexity index is 862. The number of halogens is 2. The summed E-state index contributed by atoms with van der Waals surface area (Å²) < 4.78 is 15.2. The van der Waals surface area contributed by atoms with Gasteiger partial charge in [0, 0.05) is 11.8 Å². The van der Waals surface area contributed by atoms with Crippen LogP contribution in [0.4, 0.5) is 10.3 Å². The summed E-state index contributed by atoms with van der Waals surface area (Å²) in [6.45, 7) is 0. The Morgan fingerprint density at radius 3 is 2.67 bits per heavy atom. The molecule has 2 aromatic carbocycles. The van der Waals surface area contributed by atoms with Gasteiger partial charge in [-0.05, 0) is 23.8 Å². The molecular formula is C15H10ClFN4. The molecule has 0 bridgehead atoms. The van der Waals surface area contributed by atoms with Gasteiger partial charge in [0.05, 0.1) is 28.5 Å². The van der Waals surface area contributed by atoms with E-state index in [1.165, 1.54) is 12.1 Å². The SMILES string of the molecule is N#CCc1ccc(-n2c(N)nc3cc(F)c(Cl)cc32)cc1. The second kappa shape index (κ2) is 5.08. The quantitative estimate of drug-likeness (QED) is 0.788. The molecule has 0 fully saturated rings. The Kier molecular flexibility index (Phi) is 3.24. The number of hydrogen-bond acceptors (Lipinski definition) is 3. The van der Waals surface area contributed by atoms with Crippen molar-refractivity contribution >= 4 is 28.6 Å². The molecule has 3 aromatic rings. The van der Waals surface area contributed by atoms with Crippen LogP contribution in [0.1, 0.15) is 5.56 Å². The van der Waals surface area contributed by atoms with Gasteiger partial charge in [-0.2, -0.15) is 5.26 Å². The molecule has 0 saturated carbocycles. The van der Waals surface area contributed by atoms with Crippen LogP contribution in [-0.4, -0.2) is 9.55 Å². The van der Waals surface area contributed by atoms with E-state index in [-0.39, 0.29) is 11.0 Å². The summed E-state index contributed by atoms with van der Waals surface area (Å²) in [7, 11) is 0. The van der Waals surface area contributed by atoms with Crippen molar-refractivity contribution < 1.29 is 4.39 Å². The van der Waals surface area contributed by atoms with E-state index in [1.807, 2.05) is 24.3 Å². The van der Waals surface area contributed by atoms with Crippen molar-refractivity contribution in [2.75, 3.05) is 5.73 Å². The molecule has 0 saturated heterocycles. The topological polar surface area (TPSA) is 67.6 Å². The summed E-state index contributed by atoms with van der Waals surface area (Å²) in [6.07, 6.45) is 0.345. The summed E-state index contributed by atoms with van der Waals surface area (Å²) in [4.78, 5) is 4.14. The van der Waals surface area contributed by atoms with Crippen molar-refractivity contribution in [1.82, 2.24) is 9.55 Å². The largest absolute Gasteiger partial charge is 0.369 e. The smallest absolute Gasteiger partial charge is 0.205 e. The predicted octanol–water partition coefficient (Wildman–Crippen LogP) is 3.47. The zero-order valence-electron chi connectivity index (χ0n) is 10.8. The number of nitrogens with two attached hydrogens (primary N) is 1. The zero-order chi connectivity index (χ0) is 15.0. The van der Waals surface area contributed by atoms with Crippen molar-refractivity contribution in [2.45, 2.75) is 6.42 Å². The average molecular weight is 301 g/mol. The van der Waals surface area contributed by atoms with Crippen molar-refractivity contribution in [3.8, 4) is 11.8 Å². The maximum absolute atomic E-state index is 13.5. The van der Waals surface area contributed by atoms with Gasteiger partial charge in [-0.25, -0.2) is 9.37 Å². The molecule has 21 heavy (non-hydrogen) atoms. The zero-order valence-corrected chi connectivity index (χ0v) is 11.6. The van der Waals surface area contributed by atoms with Gasteiger partial charge < -0.3 is 5.73 Å². The molecular weight excluding hydrogens is 291 g/mol. The van der Waals surface area contributed by atoms with Crippen LogP contribution < -0.4 is 5.73 Å². The molecule has 6 heteroatoms. The van der Waals surface area contributed by atoms with Crippen LogP contribution in [0.5, 0.6) is 0 Å². The molecule has 1 heterocycles. The first-order valence-corrected chi connectivity index (χ1v) is 6.57. The lowest BCUT2D eigenvalue weighted by Crippen LogP contribution is -2.00. The van der Waals surface area contributed by atoms with E-state index in [9.17, 15) is 4.39 Å². The van der Waals surface area contributed by atoms with Crippen LogP contribution in [0.25, 0.3) is 16.7 Å². The highest BCUT2D eigenvalue weighted by molar-refractivity contribution is 6.31. The molecule has 0 spiro atoms. The molecule has 0 unspecified atom stereocenters. The summed E-state index contributed by atoms with van der Waals surface area (Å²) in [5, 5.41) is 8.70. The summed E-state index contributed by atoms with van der Waals surface area (Å²) >= 11 is 5.83. The van der Waals surface area contributed by atoms with Gasteiger partial charge in [0.2, 0.25) is 5.95 Å². The normalized spacial score (nSPS) is 10.7. The fourth-order valence-electron chi connectivity index (χ4n) is 2.22. The van der Waals surface area contributed by atoms with E-state index in [0.717, 1.165) is 11.3 Å². The summed E-state index contributed by atoms with van der Waals surface area (Å²) in [5.41, 5.74) is 8.68. The minimum Gasteiger partial charge on any atom is -0.369 e. The Balaban J connectivity index is 2.17. The maximum atomic E-state index is 13.5. The number of fused-ring (bicyclic) bond motifs is 1. The molecule has 0 atom stereocenters. The third-order valence-electron chi connectivity index (χ3n) is 3.20. The van der Waals surface area contributed by atoms with E-state index < -0.39 is 5.82 Å². The van der Waals surface area contributed by atoms with Crippen molar-refractivity contribution in [3.05, 3.63) is 52.8 Å².